The highest BCUT2D eigenvalue weighted by molar-refractivity contribution is 5.09. The topological polar surface area (TPSA) is 45.4 Å². The Morgan fingerprint density at radius 1 is 1.46 bits per heavy atom. The van der Waals surface area contributed by atoms with Gasteiger partial charge in [0.2, 0.25) is 0 Å². The summed E-state index contributed by atoms with van der Waals surface area (Å²) in [6, 6.07) is 2.93. The lowest BCUT2D eigenvalue weighted by Crippen LogP contribution is -2.32. The number of aromatic nitrogens is 1. The number of hydrogen-bond acceptors (Lipinski definition) is 3. The lowest BCUT2D eigenvalue weighted by molar-refractivity contribution is -0.638. The van der Waals surface area contributed by atoms with Crippen molar-refractivity contribution in [3.8, 4) is 0 Å². The van der Waals surface area contributed by atoms with Crippen LogP contribution in [0.1, 0.15) is 11.9 Å². The first-order chi connectivity index (χ1) is 6.29. The highest BCUT2D eigenvalue weighted by atomic mass is 19.1. The zero-order valence-corrected chi connectivity index (χ0v) is 6.77. The van der Waals surface area contributed by atoms with Crippen LogP contribution in [0.2, 0.25) is 0 Å². The molecule has 1 aromatic heterocycles. The van der Waals surface area contributed by atoms with Gasteiger partial charge in [-0.3, -0.25) is 0 Å². The Kier molecular flexibility index (Phi) is 2.12. The SMILES string of the molecule is [O-][n+]1cccc(C2OCCO2)c1F. The standard InChI is InChI=1S/C8H8FNO3/c9-7-6(2-1-3-10(7)11)8-12-4-5-13-8/h1-3,8H,4-5H2. The van der Waals surface area contributed by atoms with Crippen LogP contribution in [0.3, 0.4) is 0 Å². The fourth-order valence-corrected chi connectivity index (χ4v) is 1.20. The molecule has 13 heavy (non-hydrogen) atoms. The Balaban J connectivity index is 2.33. The fourth-order valence-electron chi connectivity index (χ4n) is 1.20. The van der Waals surface area contributed by atoms with Crippen LogP contribution in [0.4, 0.5) is 4.39 Å². The summed E-state index contributed by atoms with van der Waals surface area (Å²) in [6.45, 7) is 0.857. The van der Waals surface area contributed by atoms with Crippen LogP contribution in [-0.4, -0.2) is 13.2 Å². The Morgan fingerprint density at radius 2 is 2.15 bits per heavy atom. The molecule has 0 aliphatic carbocycles. The van der Waals surface area contributed by atoms with Crippen molar-refractivity contribution in [3.05, 3.63) is 35.0 Å². The molecule has 70 valence electrons. The Morgan fingerprint density at radius 3 is 2.85 bits per heavy atom. The predicted molar refractivity (Wildman–Crippen MR) is 40.0 cm³/mol. The fraction of sp³-hybridized carbons (Fsp3) is 0.375. The molecule has 0 bridgehead atoms. The smallest absolute Gasteiger partial charge is 0.379 e. The molecule has 0 radical (unpaired) electrons. The van der Waals surface area contributed by atoms with E-state index in [0.29, 0.717) is 13.2 Å². The van der Waals surface area contributed by atoms with Crippen LogP contribution in [0.25, 0.3) is 0 Å². The van der Waals surface area contributed by atoms with E-state index in [1.807, 2.05) is 0 Å². The highest BCUT2D eigenvalue weighted by Gasteiger charge is 2.25. The van der Waals surface area contributed by atoms with E-state index in [-0.39, 0.29) is 10.3 Å². The number of nitrogens with zero attached hydrogens (tertiary/aromatic N) is 1. The maximum atomic E-state index is 13.1. The Hall–Kier alpha value is -1.20. The minimum absolute atomic E-state index is 0.148. The average molecular weight is 185 g/mol. The van der Waals surface area contributed by atoms with E-state index in [2.05, 4.69) is 0 Å². The number of ether oxygens (including phenoxy) is 2. The molecule has 1 fully saturated rings. The average Bonchev–Trinajstić information content (AvgIpc) is 2.62. The normalized spacial score (nSPS) is 17.9. The van der Waals surface area contributed by atoms with Crippen molar-refractivity contribution < 1.29 is 18.6 Å². The molecule has 0 saturated carbocycles. The largest absolute Gasteiger partial charge is 0.617 e. The molecule has 0 amide bonds. The molecule has 5 heteroatoms. The van der Waals surface area contributed by atoms with Gasteiger partial charge < -0.3 is 14.7 Å². The van der Waals surface area contributed by atoms with Crippen molar-refractivity contribution in [2.75, 3.05) is 13.2 Å². The van der Waals surface area contributed by atoms with Crippen LogP contribution >= 0.6 is 0 Å². The summed E-state index contributed by atoms with van der Waals surface area (Å²) in [6.07, 6.45) is 0.356. The van der Waals surface area contributed by atoms with E-state index in [4.69, 9.17) is 9.47 Å². The van der Waals surface area contributed by atoms with Crippen molar-refractivity contribution in [1.29, 1.82) is 0 Å². The van der Waals surface area contributed by atoms with Crippen LogP contribution < -0.4 is 4.73 Å². The minimum atomic E-state index is -0.866. The number of halogens is 1. The second-order valence-electron chi connectivity index (χ2n) is 2.65. The van der Waals surface area contributed by atoms with Gasteiger partial charge in [0.15, 0.2) is 12.5 Å². The summed E-state index contributed by atoms with van der Waals surface area (Å²) >= 11 is 0. The molecular formula is C8H8FNO3. The summed E-state index contributed by atoms with van der Waals surface area (Å²) in [5.74, 6) is -0.866. The molecule has 0 spiro atoms. The molecule has 0 unspecified atom stereocenters. The van der Waals surface area contributed by atoms with Gasteiger partial charge in [0, 0.05) is 6.07 Å². The zero-order chi connectivity index (χ0) is 9.26. The van der Waals surface area contributed by atoms with Gasteiger partial charge in [-0.05, 0) is 6.07 Å². The second kappa shape index (κ2) is 3.27. The Labute approximate surface area is 74.1 Å². The Bertz CT molecular complexity index is 312. The molecule has 1 aliphatic heterocycles. The third-order valence-corrected chi connectivity index (χ3v) is 1.80. The number of pyridine rings is 1. The van der Waals surface area contributed by atoms with Crippen LogP contribution in [-0.2, 0) is 9.47 Å². The molecule has 0 aromatic carbocycles. The van der Waals surface area contributed by atoms with Gasteiger partial charge in [-0.25, -0.2) is 0 Å². The maximum absolute atomic E-state index is 13.1. The number of hydrogen-bond donors (Lipinski definition) is 0. The molecule has 0 atom stereocenters. The van der Waals surface area contributed by atoms with Crippen molar-refractivity contribution in [2.24, 2.45) is 0 Å². The van der Waals surface area contributed by atoms with E-state index in [9.17, 15) is 9.60 Å². The summed E-state index contributed by atoms with van der Waals surface area (Å²) in [5, 5.41) is 10.8. The monoisotopic (exact) mass is 185 g/mol. The van der Waals surface area contributed by atoms with Crippen molar-refractivity contribution in [1.82, 2.24) is 0 Å². The third kappa shape index (κ3) is 1.48. The first kappa shape index (κ1) is 8.40. The molecule has 0 N–H and O–H groups in total. The molecule has 2 heterocycles. The van der Waals surface area contributed by atoms with Gasteiger partial charge in [-0.1, -0.05) is 0 Å². The second-order valence-corrected chi connectivity index (χ2v) is 2.65. The molecule has 1 saturated heterocycles. The quantitative estimate of drug-likeness (QED) is 0.363. The lowest BCUT2D eigenvalue weighted by Gasteiger charge is -2.08. The van der Waals surface area contributed by atoms with E-state index < -0.39 is 12.2 Å². The van der Waals surface area contributed by atoms with Crippen molar-refractivity contribution in [3.63, 3.8) is 0 Å². The first-order valence-electron chi connectivity index (χ1n) is 3.90. The maximum Gasteiger partial charge on any atom is 0.379 e. The van der Waals surface area contributed by atoms with Gasteiger partial charge >= 0.3 is 5.95 Å². The van der Waals surface area contributed by atoms with E-state index >= 15 is 0 Å². The molecule has 1 aliphatic rings. The van der Waals surface area contributed by atoms with E-state index in [1.165, 1.54) is 12.1 Å². The van der Waals surface area contributed by atoms with Crippen LogP contribution in [0.15, 0.2) is 18.3 Å². The van der Waals surface area contributed by atoms with Gasteiger partial charge in [-0.2, -0.15) is 0 Å². The van der Waals surface area contributed by atoms with Gasteiger partial charge in [0.1, 0.15) is 5.56 Å². The third-order valence-electron chi connectivity index (χ3n) is 1.80. The highest BCUT2D eigenvalue weighted by Crippen LogP contribution is 2.23. The molecular weight excluding hydrogens is 177 g/mol. The summed E-state index contributed by atoms with van der Waals surface area (Å²) in [5.41, 5.74) is 0.148. The molecule has 2 rings (SSSR count). The van der Waals surface area contributed by atoms with Gasteiger partial charge in [0.25, 0.3) is 0 Å². The lowest BCUT2D eigenvalue weighted by atomic mass is 10.3. The first-order valence-corrected chi connectivity index (χ1v) is 3.90. The van der Waals surface area contributed by atoms with Crippen LogP contribution in [0.5, 0.6) is 0 Å². The van der Waals surface area contributed by atoms with E-state index in [0.717, 1.165) is 6.20 Å². The zero-order valence-electron chi connectivity index (χ0n) is 6.77. The van der Waals surface area contributed by atoms with Crippen LogP contribution in [0, 0.1) is 11.2 Å². The van der Waals surface area contributed by atoms with E-state index in [1.54, 1.807) is 0 Å². The van der Waals surface area contributed by atoms with Gasteiger partial charge in [0.05, 0.1) is 13.2 Å². The predicted octanol–water partition coefficient (Wildman–Crippen LogP) is 0.505. The van der Waals surface area contributed by atoms with Gasteiger partial charge in [-0.15, -0.1) is 9.12 Å². The summed E-state index contributed by atoms with van der Waals surface area (Å²) < 4.78 is 23.4. The number of rotatable bonds is 1. The van der Waals surface area contributed by atoms with Crippen molar-refractivity contribution in [2.45, 2.75) is 6.29 Å². The summed E-state index contributed by atoms with van der Waals surface area (Å²) in [4.78, 5) is 0. The summed E-state index contributed by atoms with van der Waals surface area (Å²) in [7, 11) is 0. The molecule has 4 nitrogen and oxygen atoms in total. The van der Waals surface area contributed by atoms with Crippen molar-refractivity contribution >= 4 is 0 Å². The molecule has 1 aromatic rings. The minimum Gasteiger partial charge on any atom is -0.617 e.